The van der Waals surface area contributed by atoms with Gasteiger partial charge in [-0.2, -0.15) is 0 Å². The maximum Gasteiger partial charge on any atom is 0.320 e. The quantitative estimate of drug-likeness (QED) is 0.311. The number of nitro benzene ring substituents is 1. The normalized spacial score (nSPS) is 11.9. The fraction of sp³-hybridized carbons (Fsp3) is 0.222. The summed E-state index contributed by atoms with van der Waals surface area (Å²) in [6.45, 7) is 0. The Balaban J connectivity index is 3.00. The van der Waals surface area contributed by atoms with Crippen LogP contribution in [0.15, 0.2) is 18.2 Å². The average molecular weight is 258 g/mol. The predicted molar refractivity (Wildman–Crippen MR) is 62.0 cm³/mol. The van der Waals surface area contributed by atoms with Gasteiger partial charge in [0.25, 0.3) is 0 Å². The minimum atomic E-state index is -1.16. The number of benzene rings is 1. The Morgan fingerprint density at radius 2 is 2.29 bits per heavy atom. The van der Waals surface area contributed by atoms with Crippen LogP contribution in [0, 0.1) is 10.1 Å². The highest BCUT2D eigenvalue weighted by Gasteiger charge is 2.18. The maximum absolute atomic E-state index is 10.7. The van der Waals surface area contributed by atoms with Gasteiger partial charge in [0.2, 0.25) is 5.75 Å². The molecule has 1 atom stereocenters. The molecule has 1 aromatic carbocycles. The van der Waals surface area contributed by atoms with E-state index in [4.69, 9.17) is 10.8 Å². The summed E-state index contributed by atoms with van der Waals surface area (Å²) in [6, 6.07) is 2.96. The number of carboxylic acids is 1. The molecule has 0 aliphatic rings. The molecule has 0 heterocycles. The molecule has 0 aliphatic heterocycles. The molecule has 1 unspecified atom stereocenters. The Hall–Kier alpha value is -1.80. The van der Waals surface area contributed by atoms with E-state index in [0.717, 1.165) is 0 Å². The molecule has 0 bridgehead atoms. The van der Waals surface area contributed by atoms with E-state index in [-0.39, 0.29) is 17.9 Å². The minimum Gasteiger partial charge on any atom is -0.480 e. The van der Waals surface area contributed by atoms with Gasteiger partial charge in [-0.15, -0.1) is 0 Å². The van der Waals surface area contributed by atoms with Crippen molar-refractivity contribution < 1.29 is 19.0 Å². The Morgan fingerprint density at radius 1 is 1.65 bits per heavy atom. The van der Waals surface area contributed by atoms with Gasteiger partial charge in [0, 0.05) is 19.0 Å². The summed E-state index contributed by atoms with van der Waals surface area (Å²) < 4.78 is 4.52. The molecule has 92 valence electrons. The van der Waals surface area contributed by atoms with Crippen LogP contribution in [0.4, 0.5) is 5.69 Å². The van der Waals surface area contributed by atoms with Crippen LogP contribution in [-0.2, 0) is 11.2 Å². The summed E-state index contributed by atoms with van der Waals surface area (Å²) >= 11 is 3.49. The lowest BCUT2D eigenvalue weighted by Crippen LogP contribution is -2.32. The van der Waals surface area contributed by atoms with Crippen LogP contribution in [0.1, 0.15) is 5.56 Å². The molecule has 1 aromatic rings. The average Bonchev–Trinajstić information content (AvgIpc) is 2.28. The molecule has 0 radical (unpaired) electrons. The smallest absolute Gasteiger partial charge is 0.320 e. The molecule has 0 amide bonds. The largest absolute Gasteiger partial charge is 0.480 e. The highest BCUT2D eigenvalue weighted by atomic mass is 32.1. The first-order valence-corrected chi connectivity index (χ1v) is 4.89. The molecule has 0 fully saturated rings. The number of carboxylic acid groups (broad SMARTS) is 1. The number of nitrogens with two attached hydrogens (primary N) is 1. The van der Waals surface area contributed by atoms with Crippen molar-refractivity contribution in [3.63, 3.8) is 0 Å². The zero-order valence-electron chi connectivity index (χ0n) is 8.57. The third-order valence-corrected chi connectivity index (χ3v) is 2.29. The molecule has 0 saturated carbocycles. The van der Waals surface area contributed by atoms with E-state index < -0.39 is 16.9 Å². The molecule has 0 spiro atoms. The Labute approximate surface area is 102 Å². The van der Waals surface area contributed by atoms with Crippen molar-refractivity contribution in [1.82, 2.24) is 0 Å². The van der Waals surface area contributed by atoms with Crippen LogP contribution in [0.2, 0.25) is 0 Å². The first-order chi connectivity index (χ1) is 7.95. The van der Waals surface area contributed by atoms with Gasteiger partial charge in [-0.25, -0.2) is 0 Å². The van der Waals surface area contributed by atoms with Crippen LogP contribution < -0.4 is 9.92 Å². The number of hydrogen-bond donors (Lipinski definition) is 3. The summed E-state index contributed by atoms with van der Waals surface area (Å²) in [4.78, 5) is 20.6. The number of carbonyl (C=O) groups is 1. The van der Waals surface area contributed by atoms with Crippen molar-refractivity contribution in [2.24, 2.45) is 5.73 Å². The second-order valence-corrected chi connectivity index (χ2v) is 3.48. The van der Waals surface area contributed by atoms with Crippen molar-refractivity contribution in [3.05, 3.63) is 33.9 Å². The van der Waals surface area contributed by atoms with E-state index in [1.165, 1.54) is 18.2 Å². The number of hydrogen-bond acceptors (Lipinski definition) is 6. The lowest BCUT2D eigenvalue weighted by molar-refractivity contribution is -0.385. The van der Waals surface area contributed by atoms with Gasteiger partial charge in [0.15, 0.2) is 0 Å². The monoisotopic (exact) mass is 258 g/mol. The van der Waals surface area contributed by atoms with Crippen LogP contribution in [0.25, 0.3) is 0 Å². The molecule has 0 saturated heterocycles. The Morgan fingerprint density at radius 3 is 2.76 bits per heavy atom. The van der Waals surface area contributed by atoms with E-state index in [9.17, 15) is 14.9 Å². The van der Waals surface area contributed by atoms with E-state index in [1.807, 2.05) is 0 Å². The Kier molecular flexibility index (Phi) is 4.30. The molecule has 7 nitrogen and oxygen atoms in total. The number of aliphatic carboxylic acids is 1. The number of rotatable bonds is 5. The SMILES string of the molecule is NC(Cc1ccc(OS)c([N+](=O)[O-])c1)C(=O)O. The van der Waals surface area contributed by atoms with Crippen molar-refractivity contribution in [2.75, 3.05) is 0 Å². The van der Waals surface area contributed by atoms with Gasteiger partial charge in [0.05, 0.1) is 4.92 Å². The van der Waals surface area contributed by atoms with Gasteiger partial charge in [-0.1, -0.05) is 6.07 Å². The van der Waals surface area contributed by atoms with Crippen molar-refractivity contribution in [1.29, 1.82) is 0 Å². The van der Waals surface area contributed by atoms with Gasteiger partial charge in [-0.05, 0) is 18.1 Å². The van der Waals surface area contributed by atoms with Crippen molar-refractivity contribution in [3.8, 4) is 5.75 Å². The molecule has 3 N–H and O–H groups in total. The van der Waals surface area contributed by atoms with Crippen LogP contribution in [0.3, 0.4) is 0 Å². The van der Waals surface area contributed by atoms with Gasteiger partial charge in [-0.3, -0.25) is 14.9 Å². The minimum absolute atomic E-state index is 0.00300. The third-order valence-electron chi connectivity index (χ3n) is 2.09. The van der Waals surface area contributed by atoms with Crippen LogP contribution >= 0.6 is 12.9 Å². The van der Waals surface area contributed by atoms with Crippen LogP contribution in [-0.4, -0.2) is 22.0 Å². The number of nitrogens with zero attached hydrogens (tertiary/aromatic N) is 1. The van der Waals surface area contributed by atoms with Gasteiger partial charge < -0.3 is 15.0 Å². The van der Waals surface area contributed by atoms with Gasteiger partial charge >= 0.3 is 11.7 Å². The second-order valence-electron chi connectivity index (χ2n) is 3.30. The first-order valence-electron chi connectivity index (χ1n) is 4.53. The molecule has 0 aliphatic carbocycles. The van der Waals surface area contributed by atoms with E-state index in [0.29, 0.717) is 5.56 Å². The molecule has 0 aromatic heterocycles. The molecule has 1 rings (SSSR count). The summed E-state index contributed by atoms with van der Waals surface area (Å²) in [5, 5.41) is 19.3. The maximum atomic E-state index is 10.7. The Bertz CT molecular complexity index is 451. The fourth-order valence-electron chi connectivity index (χ4n) is 1.25. The summed E-state index contributed by atoms with van der Waals surface area (Å²) in [5.74, 6) is -1.17. The second kappa shape index (κ2) is 5.51. The zero-order valence-corrected chi connectivity index (χ0v) is 9.46. The topological polar surface area (TPSA) is 116 Å². The summed E-state index contributed by atoms with van der Waals surface area (Å²) in [7, 11) is 0. The van der Waals surface area contributed by atoms with Crippen molar-refractivity contribution in [2.45, 2.75) is 12.5 Å². The number of nitro groups is 1. The molecular formula is C9H10N2O5S. The van der Waals surface area contributed by atoms with Gasteiger partial charge in [0.1, 0.15) is 6.04 Å². The summed E-state index contributed by atoms with van der Waals surface area (Å²) in [6.07, 6.45) is 0.00300. The van der Waals surface area contributed by atoms with E-state index >= 15 is 0 Å². The lowest BCUT2D eigenvalue weighted by Gasteiger charge is -2.07. The number of thiol groups is 1. The third kappa shape index (κ3) is 3.33. The zero-order chi connectivity index (χ0) is 13.0. The highest BCUT2D eigenvalue weighted by Crippen LogP contribution is 2.28. The van der Waals surface area contributed by atoms with E-state index in [2.05, 4.69) is 17.1 Å². The molecule has 8 heteroatoms. The molecule has 17 heavy (non-hydrogen) atoms. The standard InChI is InChI=1S/C9H10N2O5S/c10-6(9(12)13)3-5-1-2-8(16-17)7(4-5)11(14)15/h1-2,4,6,17H,3,10H2,(H,12,13). The van der Waals surface area contributed by atoms with Crippen molar-refractivity contribution >= 4 is 24.6 Å². The lowest BCUT2D eigenvalue weighted by atomic mass is 10.1. The molecular weight excluding hydrogens is 248 g/mol. The summed E-state index contributed by atoms with van der Waals surface area (Å²) in [5.41, 5.74) is 5.49. The fourth-order valence-corrected chi connectivity index (χ4v) is 1.41. The van der Waals surface area contributed by atoms with E-state index in [1.54, 1.807) is 0 Å². The predicted octanol–water partition coefficient (Wildman–Crippen LogP) is 0.773. The van der Waals surface area contributed by atoms with Crippen LogP contribution in [0.5, 0.6) is 5.75 Å². The first kappa shape index (κ1) is 13.3. The highest BCUT2D eigenvalue weighted by molar-refractivity contribution is 7.75.